The number of aryl methyl sites for hydroxylation is 1. The summed E-state index contributed by atoms with van der Waals surface area (Å²) in [5.41, 5.74) is 4.16. The SMILES string of the molecule is CCCCCCCCCCCCCCCC[n+]1cccc(C2C(C(=O)SCC)=C(C)NC(C)=C2C(=O)SCC)c1. The van der Waals surface area contributed by atoms with Crippen LogP contribution in [-0.2, 0) is 16.1 Å². The molecule has 6 heteroatoms. The Morgan fingerprint density at radius 1 is 0.725 bits per heavy atom. The lowest BCUT2D eigenvalue weighted by atomic mass is 9.82. The Labute approximate surface area is 253 Å². The average molecular weight is 588 g/mol. The van der Waals surface area contributed by atoms with E-state index in [1.54, 1.807) is 0 Å². The van der Waals surface area contributed by atoms with Crippen molar-refractivity contribution in [2.75, 3.05) is 11.5 Å². The van der Waals surface area contributed by atoms with E-state index in [0.29, 0.717) is 22.7 Å². The van der Waals surface area contributed by atoms with E-state index in [1.807, 2.05) is 27.7 Å². The van der Waals surface area contributed by atoms with E-state index >= 15 is 0 Å². The standard InChI is InChI=1S/C34H54N2O2S2/c1-6-9-10-11-12-13-14-15-16-17-18-19-20-21-24-36-25-22-23-29(26-36)32-30(33(37)39-7-2)27(4)35-28(5)31(32)34(38)40-8-3/h22-23,25-26,32H,6-21,24H2,1-5H3/p+1. The summed E-state index contributed by atoms with van der Waals surface area (Å²) in [6, 6.07) is 4.14. The van der Waals surface area contributed by atoms with Gasteiger partial charge in [-0.1, -0.05) is 121 Å². The molecule has 2 heterocycles. The van der Waals surface area contributed by atoms with Crippen LogP contribution >= 0.6 is 23.5 Å². The summed E-state index contributed by atoms with van der Waals surface area (Å²) in [5.74, 6) is 1.10. The van der Waals surface area contributed by atoms with Gasteiger partial charge >= 0.3 is 0 Å². The quantitative estimate of drug-likeness (QED) is 0.122. The monoisotopic (exact) mass is 587 g/mol. The smallest absolute Gasteiger partial charge is 0.218 e. The summed E-state index contributed by atoms with van der Waals surface area (Å²) >= 11 is 2.64. The zero-order valence-corrected chi connectivity index (χ0v) is 27.6. The molecule has 0 aliphatic carbocycles. The Bertz CT molecular complexity index is 946. The number of hydrogen-bond acceptors (Lipinski definition) is 5. The predicted octanol–water partition coefficient (Wildman–Crippen LogP) is 9.25. The summed E-state index contributed by atoms with van der Waals surface area (Å²) in [7, 11) is 0. The van der Waals surface area contributed by atoms with Crippen molar-refractivity contribution in [1.29, 1.82) is 0 Å². The number of hydrogen-bond donors (Lipinski definition) is 1. The molecule has 0 spiro atoms. The molecule has 0 amide bonds. The molecule has 1 N–H and O–H groups in total. The van der Waals surface area contributed by atoms with Crippen LogP contribution in [0.4, 0.5) is 0 Å². The third kappa shape index (κ3) is 11.8. The van der Waals surface area contributed by atoms with Crippen molar-refractivity contribution >= 4 is 33.8 Å². The second kappa shape index (κ2) is 20.4. The maximum atomic E-state index is 13.2. The third-order valence-corrected chi connectivity index (χ3v) is 9.28. The van der Waals surface area contributed by atoms with E-state index in [9.17, 15) is 9.59 Å². The highest BCUT2D eigenvalue weighted by atomic mass is 32.2. The minimum atomic E-state index is -0.330. The van der Waals surface area contributed by atoms with Crippen molar-refractivity contribution in [1.82, 2.24) is 5.32 Å². The number of thioether (sulfide) groups is 2. The number of rotatable bonds is 20. The number of carbonyl (C=O) groups excluding carboxylic acids is 2. The first-order chi connectivity index (χ1) is 19.4. The molecule has 0 unspecified atom stereocenters. The van der Waals surface area contributed by atoms with E-state index < -0.39 is 0 Å². The van der Waals surface area contributed by atoms with Crippen molar-refractivity contribution in [3.63, 3.8) is 0 Å². The van der Waals surface area contributed by atoms with Crippen LogP contribution in [0.5, 0.6) is 0 Å². The van der Waals surface area contributed by atoms with Crippen LogP contribution < -0.4 is 9.88 Å². The summed E-state index contributed by atoms with van der Waals surface area (Å²) in [6.07, 6.45) is 23.3. The van der Waals surface area contributed by atoms with Crippen LogP contribution in [0, 0.1) is 0 Å². The van der Waals surface area contributed by atoms with Gasteiger partial charge in [-0.2, -0.15) is 0 Å². The Morgan fingerprint density at radius 3 is 1.62 bits per heavy atom. The first kappa shape index (κ1) is 34.7. The molecule has 0 saturated heterocycles. The molecule has 4 nitrogen and oxygen atoms in total. The molecule has 224 valence electrons. The van der Waals surface area contributed by atoms with Gasteiger partial charge in [-0.15, -0.1) is 0 Å². The Hall–Kier alpha value is -1.53. The van der Waals surface area contributed by atoms with Crippen molar-refractivity contribution < 1.29 is 14.2 Å². The molecule has 1 aromatic rings. The molecule has 1 aliphatic heterocycles. The second-order valence-electron chi connectivity index (χ2n) is 11.0. The van der Waals surface area contributed by atoms with Gasteiger partial charge in [0.05, 0.1) is 5.92 Å². The minimum absolute atomic E-state index is 0.0548. The number of aromatic nitrogens is 1. The zero-order chi connectivity index (χ0) is 29.2. The van der Waals surface area contributed by atoms with Crippen LogP contribution in [0.2, 0.25) is 0 Å². The number of unbranched alkanes of at least 4 members (excludes halogenated alkanes) is 13. The van der Waals surface area contributed by atoms with Crippen molar-refractivity contribution in [3.05, 3.63) is 52.6 Å². The van der Waals surface area contributed by atoms with E-state index in [1.165, 1.54) is 107 Å². The third-order valence-electron chi connectivity index (χ3n) is 7.74. The van der Waals surface area contributed by atoms with Gasteiger partial charge in [0.25, 0.3) is 0 Å². The van der Waals surface area contributed by atoms with Gasteiger partial charge in [-0.05, 0) is 37.8 Å². The zero-order valence-electron chi connectivity index (χ0n) is 26.0. The van der Waals surface area contributed by atoms with Gasteiger partial charge in [0.1, 0.15) is 6.54 Å². The molecule has 0 saturated carbocycles. The maximum Gasteiger partial charge on any atom is 0.218 e. The summed E-state index contributed by atoms with van der Waals surface area (Å²) in [5, 5.41) is 3.45. The molecule has 0 atom stereocenters. The predicted molar refractivity (Wildman–Crippen MR) is 175 cm³/mol. The van der Waals surface area contributed by atoms with Gasteiger partial charge in [0, 0.05) is 40.6 Å². The summed E-state index contributed by atoms with van der Waals surface area (Å²) < 4.78 is 2.24. The molecule has 2 rings (SSSR count). The molecule has 1 aromatic heterocycles. The molecule has 1 aliphatic rings. The molecule has 0 fully saturated rings. The maximum absolute atomic E-state index is 13.2. The molecule has 40 heavy (non-hydrogen) atoms. The van der Waals surface area contributed by atoms with Crippen molar-refractivity contribution in [2.45, 2.75) is 137 Å². The average Bonchev–Trinajstić information content (AvgIpc) is 2.93. The molecule has 0 bridgehead atoms. The summed E-state index contributed by atoms with van der Waals surface area (Å²) in [4.78, 5) is 26.5. The Balaban J connectivity index is 1.90. The van der Waals surface area contributed by atoms with Crippen LogP contribution in [0.15, 0.2) is 47.1 Å². The number of pyridine rings is 1. The number of nitrogens with zero attached hydrogens (tertiary/aromatic N) is 1. The normalized spacial score (nSPS) is 14.1. The van der Waals surface area contributed by atoms with Crippen molar-refractivity contribution in [2.24, 2.45) is 0 Å². The van der Waals surface area contributed by atoms with Crippen molar-refractivity contribution in [3.8, 4) is 0 Å². The topological polar surface area (TPSA) is 50.0 Å². The van der Waals surface area contributed by atoms with Crippen LogP contribution in [-0.4, -0.2) is 21.7 Å². The van der Waals surface area contributed by atoms with Gasteiger partial charge in [0.2, 0.25) is 10.2 Å². The van der Waals surface area contributed by atoms with Crippen LogP contribution in [0.25, 0.3) is 0 Å². The van der Waals surface area contributed by atoms with Gasteiger partial charge in [-0.25, -0.2) is 4.57 Å². The number of carbonyl (C=O) groups is 2. The van der Waals surface area contributed by atoms with E-state index in [0.717, 1.165) is 29.9 Å². The molecule has 0 radical (unpaired) electrons. The minimum Gasteiger partial charge on any atom is -0.362 e. The molecular weight excluding hydrogens is 533 g/mol. The fraction of sp³-hybridized carbons (Fsp3) is 0.676. The highest BCUT2D eigenvalue weighted by Gasteiger charge is 2.37. The lowest BCUT2D eigenvalue weighted by Crippen LogP contribution is -2.35. The van der Waals surface area contributed by atoms with Gasteiger partial charge in [-0.3, -0.25) is 9.59 Å². The van der Waals surface area contributed by atoms with Crippen LogP contribution in [0.1, 0.15) is 136 Å². The molecule has 0 aromatic carbocycles. The second-order valence-corrected chi connectivity index (χ2v) is 13.5. The van der Waals surface area contributed by atoms with E-state index in [4.69, 9.17) is 0 Å². The van der Waals surface area contributed by atoms with Crippen LogP contribution in [0.3, 0.4) is 0 Å². The van der Waals surface area contributed by atoms with Gasteiger partial charge in [0.15, 0.2) is 12.4 Å². The number of dihydropyridines is 1. The lowest BCUT2D eigenvalue weighted by molar-refractivity contribution is -0.697. The summed E-state index contributed by atoms with van der Waals surface area (Å²) in [6.45, 7) is 11.2. The number of nitrogens with one attached hydrogen (secondary N) is 1. The first-order valence-electron chi connectivity index (χ1n) is 16.0. The fourth-order valence-electron chi connectivity index (χ4n) is 5.63. The Morgan fingerprint density at radius 2 is 1.18 bits per heavy atom. The lowest BCUT2D eigenvalue weighted by Gasteiger charge is -2.30. The first-order valence-corrected chi connectivity index (χ1v) is 17.9. The van der Waals surface area contributed by atoms with Gasteiger partial charge < -0.3 is 5.32 Å². The highest BCUT2D eigenvalue weighted by molar-refractivity contribution is 8.14. The largest absolute Gasteiger partial charge is 0.362 e. The number of allylic oxidation sites excluding steroid dienone is 2. The molecular formula is C34H55N2O2S2+. The Kier molecular flexibility index (Phi) is 17.7. The fourth-order valence-corrected chi connectivity index (χ4v) is 7.00. The van der Waals surface area contributed by atoms with E-state index in [-0.39, 0.29) is 16.1 Å². The van der Waals surface area contributed by atoms with E-state index in [2.05, 4.69) is 41.3 Å². The highest BCUT2D eigenvalue weighted by Crippen LogP contribution is 2.41.